The second-order valence-electron chi connectivity index (χ2n) is 4.50. The van der Waals surface area contributed by atoms with E-state index in [4.69, 9.17) is 10.3 Å². The van der Waals surface area contributed by atoms with E-state index < -0.39 is 0 Å². The number of nitrogens with zero attached hydrogens (tertiary/aromatic N) is 3. The number of hydrogen-bond acceptors (Lipinski definition) is 5. The Kier molecular flexibility index (Phi) is 2.40. The molecule has 1 aliphatic rings. The molecule has 1 fully saturated rings. The third-order valence-electron chi connectivity index (χ3n) is 3.52. The highest BCUT2D eigenvalue weighted by Gasteiger charge is 2.42. The number of rotatable bonds is 3. The van der Waals surface area contributed by atoms with E-state index in [9.17, 15) is 0 Å². The minimum atomic E-state index is -0.0712. The summed E-state index contributed by atoms with van der Waals surface area (Å²) in [7, 11) is 0. The van der Waals surface area contributed by atoms with Crippen molar-refractivity contribution in [2.24, 2.45) is 5.73 Å². The van der Waals surface area contributed by atoms with E-state index in [1.54, 1.807) is 12.4 Å². The highest BCUT2D eigenvalue weighted by Crippen LogP contribution is 2.42. The Bertz CT molecular complexity index is 499. The Hall–Kier alpha value is -1.75. The van der Waals surface area contributed by atoms with E-state index in [1.807, 2.05) is 12.1 Å². The summed E-state index contributed by atoms with van der Waals surface area (Å²) in [5, 5.41) is 4.01. The van der Waals surface area contributed by atoms with Gasteiger partial charge >= 0.3 is 0 Å². The van der Waals surface area contributed by atoms with Gasteiger partial charge in [-0.1, -0.05) is 11.6 Å². The molecule has 5 nitrogen and oxygen atoms in total. The third kappa shape index (κ3) is 1.63. The van der Waals surface area contributed by atoms with E-state index >= 15 is 0 Å². The maximum atomic E-state index is 5.81. The Labute approximate surface area is 99.1 Å². The molecule has 17 heavy (non-hydrogen) atoms. The predicted octanol–water partition coefficient (Wildman–Crippen LogP) is 1.51. The molecule has 0 aliphatic heterocycles. The Balaban J connectivity index is 1.93. The molecule has 88 valence electrons. The quantitative estimate of drug-likeness (QED) is 0.864. The van der Waals surface area contributed by atoms with Gasteiger partial charge in [0.05, 0.1) is 5.41 Å². The highest BCUT2D eigenvalue weighted by atomic mass is 16.5. The lowest BCUT2D eigenvalue weighted by Crippen LogP contribution is -2.41. The van der Waals surface area contributed by atoms with Gasteiger partial charge in [-0.2, -0.15) is 4.98 Å². The first kappa shape index (κ1) is 10.4. The minimum Gasteiger partial charge on any atom is -0.338 e. The van der Waals surface area contributed by atoms with E-state index in [2.05, 4.69) is 15.1 Å². The normalized spacial score (nSPS) is 17.7. The zero-order valence-electron chi connectivity index (χ0n) is 9.47. The Morgan fingerprint density at radius 2 is 2.06 bits per heavy atom. The standard InChI is InChI=1S/C12H14N4O/c13-8-12(4-1-5-12)11-15-10(16-17-11)9-2-6-14-7-3-9/h2-3,6-7H,1,4-5,8,13H2. The zero-order chi connectivity index (χ0) is 11.7. The molecule has 0 amide bonds. The van der Waals surface area contributed by atoms with Crippen LogP contribution in [0.25, 0.3) is 11.4 Å². The molecule has 2 heterocycles. The molecule has 0 spiro atoms. The maximum absolute atomic E-state index is 5.81. The van der Waals surface area contributed by atoms with E-state index in [-0.39, 0.29) is 5.41 Å². The summed E-state index contributed by atoms with van der Waals surface area (Å²) in [6, 6.07) is 3.73. The van der Waals surface area contributed by atoms with Gasteiger partial charge in [-0.05, 0) is 25.0 Å². The highest BCUT2D eigenvalue weighted by molar-refractivity contribution is 5.52. The van der Waals surface area contributed by atoms with Gasteiger partial charge in [-0.25, -0.2) is 0 Å². The largest absolute Gasteiger partial charge is 0.338 e. The van der Waals surface area contributed by atoms with Crippen molar-refractivity contribution in [3.05, 3.63) is 30.4 Å². The van der Waals surface area contributed by atoms with Crippen molar-refractivity contribution in [3.8, 4) is 11.4 Å². The van der Waals surface area contributed by atoms with Gasteiger partial charge in [-0.3, -0.25) is 4.98 Å². The van der Waals surface area contributed by atoms with Gasteiger partial charge in [0.15, 0.2) is 0 Å². The van der Waals surface area contributed by atoms with Crippen LogP contribution in [0.15, 0.2) is 29.0 Å². The van der Waals surface area contributed by atoms with Gasteiger partial charge in [0.25, 0.3) is 0 Å². The van der Waals surface area contributed by atoms with Crippen LogP contribution in [0.2, 0.25) is 0 Å². The number of pyridine rings is 1. The smallest absolute Gasteiger partial charge is 0.234 e. The van der Waals surface area contributed by atoms with Crippen LogP contribution in [-0.4, -0.2) is 21.7 Å². The third-order valence-corrected chi connectivity index (χ3v) is 3.52. The Morgan fingerprint density at radius 1 is 1.29 bits per heavy atom. The summed E-state index contributed by atoms with van der Waals surface area (Å²) in [6.07, 6.45) is 6.70. The van der Waals surface area contributed by atoms with E-state index in [0.29, 0.717) is 18.3 Å². The summed E-state index contributed by atoms with van der Waals surface area (Å²) >= 11 is 0. The average molecular weight is 230 g/mol. The molecule has 0 aromatic carbocycles. The molecular weight excluding hydrogens is 216 g/mol. The molecule has 2 aromatic heterocycles. The summed E-state index contributed by atoms with van der Waals surface area (Å²) in [5.74, 6) is 1.29. The lowest BCUT2D eigenvalue weighted by molar-refractivity contribution is 0.182. The lowest BCUT2D eigenvalue weighted by atomic mass is 9.69. The van der Waals surface area contributed by atoms with Crippen molar-refractivity contribution in [2.45, 2.75) is 24.7 Å². The fraction of sp³-hybridized carbons (Fsp3) is 0.417. The Morgan fingerprint density at radius 3 is 2.65 bits per heavy atom. The van der Waals surface area contributed by atoms with E-state index in [0.717, 1.165) is 18.4 Å². The van der Waals surface area contributed by atoms with Crippen molar-refractivity contribution in [2.75, 3.05) is 6.54 Å². The van der Waals surface area contributed by atoms with Gasteiger partial charge in [0.1, 0.15) is 0 Å². The molecular formula is C12H14N4O. The first-order valence-electron chi connectivity index (χ1n) is 5.79. The maximum Gasteiger partial charge on any atom is 0.234 e. The summed E-state index contributed by atoms with van der Waals surface area (Å²) in [5.41, 5.74) is 6.66. The van der Waals surface area contributed by atoms with Crippen molar-refractivity contribution in [1.29, 1.82) is 0 Å². The SMILES string of the molecule is NCC1(c2nc(-c3ccncc3)no2)CCC1. The van der Waals surface area contributed by atoms with Gasteiger partial charge in [-0.15, -0.1) is 0 Å². The number of nitrogens with two attached hydrogens (primary N) is 1. The first-order chi connectivity index (χ1) is 8.34. The predicted molar refractivity (Wildman–Crippen MR) is 62.1 cm³/mol. The topological polar surface area (TPSA) is 77.8 Å². The summed E-state index contributed by atoms with van der Waals surface area (Å²) in [4.78, 5) is 8.42. The minimum absolute atomic E-state index is 0.0712. The van der Waals surface area contributed by atoms with Crippen molar-refractivity contribution >= 4 is 0 Å². The molecule has 0 bridgehead atoms. The van der Waals surface area contributed by atoms with Crippen molar-refractivity contribution < 1.29 is 4.52 Å². The second-order valence-corrected chi connectivity index (χ2v) is 4.50. The van der Waals surface area contributed by atoms with Crippen molar-refractivity contribution in [1.82, 2.24) is 15.1 Å². The molecule has 5 heteroatoms. The van der Waals surface area contributed by atoms with Crippen LogP contribution in [0.3, 0.4) is 0 Å². The molecule has 3 rings (SSSR count). The van der Waals surface area contributed by atoms with E-state index in [1.165, 1.54) is 6.42 Å². The zero-order valence-corrected chi connectivity index (χ0v) is 9.47. The fourth-order valence-electron chi connectivity index (χ4n) is 2.17. The molecule has 0 radical (unpaired) electrons. The van der Waals surface area contributed by atoms with Crippen LogP contribution in [-0.2, 0) is 5.41 Å². The molecule has 0 unspecified atom stereocenters. The molecule has 2 N–H and O–H groups in total. The molecule has 1 saturated carbocycles. The van der Waals surface area contributed by atoms with Crippen LogP contribution in [0, 0.1) is 0 Å². The average Bonchev–Trinajstić information content (AvgIpc) is 2.80. The van der Waals surface area contributed by atoms with Crippen LogP contribution >= 0.6 is 0 Å². The number of aromatic nitrogens is 3. The van der Waals surface area contributed by atoms with Gasteiger partial charge in [0.2, 0.25) is 11.7 Å². The lowest BCUT2D eigenvalue weighted by Gasteiger charge is -2.36. The van der Waals surface area contributed by atoms with Gasteiger partial charge < -0.3 is 10.3 Å². The second kappa shape index (κ2) is 3.92. The molecule has 1 aliphatic carbocycles. The fourth-order valence-corrected chi connectivity index (χ4v) is 2.17. The summed E-state index contributed by atoms with van der Waals surface area (Å²) < 4.78 is 5.36. The molecule has 2 aromatic rings. The van der Waals surface area contributed by atoms with Crippen molar-refractivity contribution in [3.63, 3.8) is 0 Å². The monoisotopic (exact) mass is 230 g/mol. The van der Waals surface area contributed by atoms with Gasteiger partial charge in [0, 0.05) is 24.5 Å². The number of hydrogen-bond donors (Lipinski definition) is 1. The van der Waals surface area contributed by atoms with Crippen LogP contribution in [0.1, 0.15) is 25.2 Å². The summed E-state index contributed by atoms with van der Waals surface area (Å²) in [6.45, 7) is 0.574. The van der Waals surface area contributed by atoms with Crippen LogP contribution in [0.5, 0.6) is 0 Å². The molecule has 0 saturated heterocycles. The van der Waals surface area contributed by atoms with Crippen LogP contribution in [0.4, 0.5) is 0 Å². The first-order valence-corrected chi connectivity index (χ1v) is 5.79. The van der Waals surface area contributed by atoms with Crippen LogP contribution < -0.4 is 5.73 Å². The molecule has 0 atom stereocenters.